The molecule has 57 heteroatoms. The van der Waals surface area contributed by atoms with E-state index in [0.29, 0.717) is 0 Å². The van der Waals surface area contributed by atoms with Gasteiger partial charge in [-0.05, 0) is 0 Å². The molecule has 0 aromatic carbocycles. The van der Waals surface area contributed by atoms with Crippen LogP contribution in [0.15, 0.2) is 0 Å². The Hall–Kier alpha value is -4.53. The number of aliphatic hydroxyl groups excluding tert-OH is 29. The molecule has 2 amide bonds. The Kier molecular flexibility index (Phi) is 36.0. The van der Waals surface area contributed by atoms with Gasteiger partial charge in [-0.15, -0.1) is 0 Å². The molecule has 9 saturated heterocycles. The average Bonchev–Trinajstić information content (AvgIpc) is 0.744. The number of carbonyl (C=O) groups is 5. The summed E-state index contributed by atoms with van der Waals surface area (Å²) in [4.78, 5) is 66.3. The molecule has 0 aromatic heterocycles. The van der Waals surface area contributed by atoms with Crippen LogP contribution in [0.25, 0.3) is 0 Å². The zero-order chi connectivity index (χ0) is 92.3. The minimum Gasteiger partial charge on any atom is -0.477 e. The molecule has 57 nitrogen and oxygen atoms in total. The van der Waals surface area contributed by atoms with Crippen molar-refractivity contribution in [1.82, 2.24) is 10.6 Å². The van der Waals surface area contributed by atoms with Crippen molar-refractivity contribution >= 4 is 29.7 Å². The molecule has 124 heavy (non-hydrogen) atoms. The van der Waals surface area contributed by atoms with Crippen molar-refractivity contribution in [3.05, 3.63) is 0 Å². The highest BCUT2D eigenvalue weighted by atomic mass is 16.8. The first-order valence-electron chi connectivity index (χ1n) is 38.6. The smallest absolute Gasteiger partial charge is 0.364 e. The Morgan fingerprint density at radius 3 is 1.24 bits per heavy atom. The molecule has 718 valence electrons. The van der Waals surface area contributed by atoms with Gasteiger partial charge in [-0.1, -0.05) is 0 Å². The Balaban J connectivity index is 1.16. The molecule has 0 radical (unpaired) electrons. The van der Waals surface area contributed by atoms with Crippen LogP contribution in [0.3, 0.4) is 0 Å². The van der Waals surface area contributed by atoms with Crippen LogP contribution in [0.5, 0.6) is 0 Å². The molecule has 48 atom stereocenters. The zero-order valence-electron chi connectivity index (χ0n) is 65.2. The van der Waals surface area contributed by atoms with Gasteiger partial charge in [0.15, 0.2) is 37.7 Å². The van der Waals surface area contributed by atoms with E-state index < -0.39 is 401 Å². The lowest BCUT2D eigenvalue weighted by Crippen LogP contribution is -2.72. The molecule has 9 aliphatic rings. The van der Waals surface area contributed by atoms with Crippen LogP contribution in [0.4, 0.5) is 0 Å². The van der Waals surface area contributed by atoms with Gasteiger partial charge in [0.1, 0.15) is 214 Å². The van der Waals surface area contributed by atoms with E-state index in [1.54, 1.807) is 0 Å². The van der Waals surface area contributed by atoms with Crippen LogP contribution < -0.4 is 10.6 Å². The number of ether oxygens (including phenoxy) is 17. The molecular formula is C67H110N2O55. The quantitative estimate of drug-likeness (QED) is 0.0277. The summed E-state index contributed by atoms with van der Waals surface area (Å²) in [5, 5.41) is 372. The molecule has 35 N–H and O–H groups in total. The predicted molar refractivity (Wildman–Crippen MR) is 372 cm³/mol. The van der Waals surface area contributed by atoms with E-state index in [0.717, 1.165) is 13.8 Å². The van der Waals surface area contributed by atoms with Gasteiger partial charge in [0, 0.05) is 33.1 Å². The van der Waals surface area contributed by atoms with Crippen LogP contribution >= 0.6 is 0 Å². The van der Waals surface area contributed by atoms with E-state index in [-0.39, 0.29) is 0 Å². The second kappa shape index (κ2) is 43.2. The Labute approximate surface area is 697 Å². The molecule has 9 heterocycles. The van der Waals surface area contributed by atoms with Gasteiger partial charge in [-0.3, -0.25) is 9.59 Å². The van der Waals surface area contributed by atoms with E-state index >= 15 is 0 Å². The van der Waals surface area contributed by atoms with Crippen molar-refractivity contribution in [2.75, 3.05) is 59.5 Å². The molecular weight excluding hydrogens is 1710 g/mol. The second-order valence-electron chi connectivity index (χ2n) is 31.0. The first kappa shape index (κ1) is 103. The largest absolute Gasteiger partial charge is 0.477 e. The molecule has 0 spiro atoms. The standard InChI is InChI=1S/C67H110N2O55/c1-15(79)68-29-17(81)3-67(64(105)106,123-51(29)32(89)19(83)6-70)124-54-43(100)59(111-28(14-78)49(54)114-56-30(69-16(2)80)50(35(92)27(13-77)108-56)116-57-38(95)36(93)33(90)25(11-75)109-57)117-52-40(97)44(20(84)7-71)112-60(41(52)98)118-53-42(99)61(113-46(22(86)9-73)55(53)119-58-39(96)37(94)34(91)26(12-76)110-58)115-48-24(5-65(107,62(101)102)121-47(48)23(87)10-74)120-66(63(103)104)4-18(82)31(88)45(122-66)21(85)8-72/h17-61,70-78,81-100,107H,3-14H2,1-2H3,(H,68,79)(H,69,80)(H,101,102)(H,103,104)(H,105,106)/t17-,18+,19+,20-,21+,22-,23+,24+,25+,26+,27+,28+,29+,30+,31+,32+,33-,34+,35-,36-,37-,38+,39+,40+,41+,42-,43+,44+,45+,46+,47+,48+,49-,50+,51+,52-,53+,54+,55+,56-,57-,58-,59-,60+,61+,65+,66+,67-/m0/s1. The van der Waals surface area contributed by atoms with Crippen LogP contribution in [0.2, 0.25) is 0 Å². The highest BCUT2D eigenvalue weighted by Gasteiger charge is 2.67. The van der Waals surface area contributed by atoms with Crippen molar-refractivity contribution in [2.24, 2.45) is 0 Å². The van der Waals surface area contributed by atoms with E-state index in [2.05, 4.69) is 10.6 Å². The highest BCUT2D eigenvalue weighted by Crippen LogP contribution is 2.46. The normalized spacial score (nSPS) is 47.0. The summed E-state index contributed by atoms with van der Waals surface area (Å²) >= 11 is 0. The van der Waals surface area contributed by atoms with E-state index in [1.807, 2.05) is 0 Å². The minimum atomic E-state index is -3.72. The first-order chi connectivity index (χ1) is 58.3. The van der Waals surface area contributed by atoms with Crippen LogP contribution in [-0.2, 0) is 104 Å². The predicted octanol–water partition coefficient (Wildman–Crippen LogP) is -22.7. The molecule has 9 aliphatic heterocycles. The fourth-order valence-corrected chi connectivity index (χ4v) is 15.8. The molecule has 9 fully saturated rings. The number of aliphatic hydroxyl groups is 30. The Bertz CT molecular complexity index is 3430. The van der Waals surface area contributed by atoms with Crippen LogP contribution in [0.1, 0.15) is 33.1 Å². The fraction of sp³-hybridized carbons (Fsp3) is 0.925. The lowest BCUT2D eigenvalue weighted by atomic mass is 9.88. The first-order valence-corrected chi connectivity index (χ1v) is 38.6. The number of carboxylic acids is 3. The average molecular weight is 1820 g/mol. The van der Waals surface area contributed by atoms with Gasteiger partial charge < -0.3 is 260 Å². The number of carbonyl (C=O) groups excluding carboxylic acids is 2. The van der Waals surface area contributed by atoms with E-state index in [9.17, 15) is 192 Å². The molecule has 0 saturated carbocycles. The van der Waals surface area contributed by atoms with Crippen LogP contribution in [0, 0.1) is 0 Å². The molecule has 0 bridgehead atoms. The number of hydrogen-bond donors (Lipinski definition) is 35. The number of carboxylic acid groups (broad SMARTS) is 3. The number of aliphatic carboxylic acids is 3. The van der Waals surface area contributed by atoms with Gasteiger partial charge in [0.25, 0.3) is 17.4 Å². The molecule has 0 aromatic rings. The SMILES string of the molecule is CC(=O)N[C@H]1[C@H](O[C@@H]2[C@H](O[C@]3(C(=O)O)C[C@H](O)[C@@H](NC(C)=O)[C@H]([C@H](O)[C@H](O)CO)O3)[C@@H](O)[C@H](O[C@@H]3[C@@H](O)[C@@H](O[C@@H]4[C@H](O)[C@@H](O[C@H]5[C@@H]([C@H](O)CO)O[C@@](O)(C(=O)O)C[C@H]5O[C@]5(C(=O)O)C[C@@H](O)[C@@H](O)[C@@H]([C@H](O)CO)O5)O[C@H]([C@@H](O)CO)[C@H]4O[C@@H]4O[C@H](CO)[C@@H](O)[C@H](O)[C@H]4O)O[C@H]([C@@H](O)CO)[C@H]3O)O[C@@H]2CO)O[C@H](CO)[C@H](O)[C@@H]1O[C@@H]1O[C@H](CO)[C@H](O)[C@H](O)[C@H]1O. The minimum absolute atomic E-state index is 0.835. The maximum absolute atomic E-state index is 14.1. The maximum atomic E-state index is 14.1. The van der Waals surface area contributed by atoms with E-state index in [4.69, 9.17) is 80.5 Å². The third kappa shape index (κ3) is 21.6. The summed E-state index contributed by atoms with van der Waals surface area (Å²) in [6, 6.07) is -4.11. The third-order valence-corrected chi connectivity index (χ3v) is 22.4. The summed E-state index contributed by atoms with van der Waals surface area (Å²) in [7, 11) is 0. The Morgan fingerprint density at radius 2 is 0.734 bits per heavy atom. The summed E-state index contributed by atoms with van der Waals surface area (Å²) in [5.41, 5.74) is 0. The molecule has 0 aliphatic carbocycles. The van der Waals surface area contributed by atoms with Crippen LogP contribution in [-0.4, -0.2) is 551 Å². The van der Waals surface area contributed by atoms with Gasteiger partial charge in [0.05, 0.1) is 83.8 Å². The second-order valence-corrected chi connectivity index (χ2v) is 31.0. The summed E-state index contributed by atoms with van der Waals surface area (Å²) < 4.78 is 100. The lowest BCUT2D eigenvalue weighted by Gasteiger charge is -2.53. The number of amides is 2. The van der Waals surface area contributed by atoms with Gasteiger partial charge in [0.2, 0.25) is 11.8 Å². The van der Waals surface area contributed by atoms with Crippen molar-refractivity contribution in [1.29, 1.82) is 0 Å². The summed E-state index contributed by atoms with van der Waals surface area (Å²) in [5.74, 6) is -20.1. The zero-order valence-corrected chi connectivity index (χ0v) is 65.2. The highest BCUT2D eigenvalue weighted by molar-refractivity contribution is 5.78. The van der Waals surface area contributed by atoms with Gasteiger partial charge >= 0.3 is 17.9 Å². The van der Waals surface area contributed by atoms with Crippen molar-refractivity contribution in [3.8, 4) is 0 Å². The van der Waals surface area contributed by atoms with Crippen molar-refractivity contribution in [3.63, 3.8) is 0 Å². The number of nitrogens with one attached hydrogen (secondary N) is 2. The number of hydrogen-bond acceptors (Lipinski definition) is 52. The maximum Gasteiger partial charge on any atom is 0.364 e. The Morgan fingerprint density at radius 1 is 0.339 bits per heavy atom. The van der Waals surface area contributed by atoms with Crippen molar-refractivity contribution in [2.45, 2.75) is 326 Å². The summed E-state index contributed by atoms with van der Waals surface area (Å²) in [6.45, 7) is -10.7. The monoisotopic (exact) mass is 1820 g/mol. The number of rotatable bonds is 36. The topological polar surface area (TPSA) is 934 Å². The van der Waals surface area contributed by atoms with Gasteiger partial charge in [-0.25, -0.2) is 14.4 Å². The summed E-state index contributed by atoms with van der Waals surface area (Å²) in [6.07, 6.45) is -112. The fourth-order valence-electron chi connectivity index (χ4n) is 15.8. The van der Waals surface area contributed by atoms with Crippen molar-refractivity contribution < 1.29 is 273 Å². The molecule has 0 unspecified atom stereocenters. The molecule has 9 rings (SSSR count). The van der Waals surface area contributed by atoms with Gasteiger partial charge in [-0.2, -0.15) is 0 Å². The lowest BCUT2D eigenvalue weighted by molar-refractivity contribution is -0.419. The van der Waals surface area contributed by atoms with E-state index in [1.165, 1.54) is 0 Å². The third-order valence-electron chi connectivity index (χ3n) is 22.4.